The Labute approximate surface area is 224 Å². The van der Waals surface area contributed by atoms with Gasteiger partial charge >= 0.3 is 0 Å². The molecule has 0 spiro atoms. The monoisotopic (exact) mass is 536 g/mol. The minimum Gasteiger partial charge on any atom is -0.420 e. The van der Waals surface area contributed by atoms with E-state index in [1.54, 1.807) is 6.20 Å². The van der Waals surface area contributed by atoms with Gasteiger partial charge in [-0.3, -0.25) is 9.69 Å². The lowest BCUT2D eigenvalue weighted by atomic mass is 9.84. The number of carbonyl (C=O) groups excluding carboxylic acids is 1. The van der Waals surface area contributed by atoms with E-state index < -0.39 is 0 Å². The number of hydrogen-bond acceptors (Lipinski definition) is 8. The van der Waals surface area contributed by atoms with Gasteiger partial charge in [-0.25, -0.2) is 9.97 Å². The van der Waals surface area contributed by atoms with E-state index in [0.717, 1.165) is 45.3 Å². The number of nitrogens with one attached hydrogen (secondary N) is 2. The number of ether oxygens (including phenoxy) is 1. The van der Waals surface area contributed by atoms with E-state index in [1.807, 2.05) is 31.2 Å². The number of benzene rings is 1. The molecule has 0 bridgehead atoms. The van der Waals surface area contributed by atoms with Gasteiger partial charge in [-0.1, -0.05) is 13.8 Å². The highest BCUT2D eigenvalue weighted by Crippen LogP contribution is 2.41. The fourth-order valence-electron chi connectivity index (χ4n) is 5.35. The fraction of sp³-hybridized carbons (Fsp3) is 0.407. The number of carbonyl (C=O) groups is 1. The molecule has 37 heavy (non-hydrogen) atoms. The second-order valence-corrected chi connectivity index (χ2v) is 12.2. The zero-order valence-electron chi connectivity index (χ0n) is 21.1. The minimum atomic E-state index is -0.0416. The van der Waals surface area contributed by atoms with Gasteiger partial charge in [0.05, 0.1) is 11.2 Å². The van der Waals surface area contributed by atoms with Crippen molar-refractivity contribution >= 4 is 55.5 Å². The van der Waals surface area contributed by atoms with E-state index in [1.165, 1.54) is 24.2 Å². The topological polar surface area (TPSA) is 92.3 Å². The van der Waals surface area contributed by atoms with Gasteiger partial charge in [0.15, 0.2) is 0 Å². The summed E-state index contributed by atoms with van der Waals surface area (Å²) in [5, 5.41) is 8.62. The number of nitrogens with zero attached hydrogens (tertiary/aromatic N) is 4. The number of hydrogen-bond donors (Lipinski definition) is 2. The summed E-state index contributed by atoms with van der Waals surface area (Å²) < 4.78 is 7.24. The molecule has 1 atom stereocenters. The van der Waals surface area contributed by atoms with Gasteiger partial charge in [-0.05, 0) is 61.5 Å². The van der Waals surface area contributed by atoms with Gasteiger partial charge in [0.2, 0.25) is 17.0 Å². The summed E-state index contributed by atoms with van der Waals surface area (Å²) >= 11 is 7.64. The number of amides is 1. The maximum absolute atomic E-state index is 12.7. The lowest BCUT2D eigenvalue weighted by Gasteiger charge is -2.38. The van der Waals surface area contributed by atoms with Gasteiger partial charge in [0, 0.05) is 59.0 Å². The zero-order valence-corrected chi connectivity index (χ0v) is 22.7. The summed E-state index contributed by atoms with van der Waals surface area (Å²) in [5.74, 6) is 0.815. The maximum atomic E-state index is 12.7. The van der Waals surface area contributed by atoms with Crippen LogP contribution in [0.4, 0.5) is 5.69 Å². The largest absolute Gasteiger partial charge is 0.420 e. The van der Waals surface area contributed by atoms with Gasteiger partial charge in [0.25, 0.3) is 5.91 Å². The van der Waals surface area contributed by atoms with Crippen molar-refractivity contribution in [3.8, 4) is 11.8 Å². The molecule has 0 unspecified atom stereocenters. The van der Waals surface area contributed by atoms with Gasteiger partial charge in [-0.15, -0.1) is 11.3 Å². The molecule has 1 saturated heterocycles. The molecule has 10 heteroatoms. The Balaban J connectivity index is 1.33. The summed E-state index contributed by atoms with van der Waals surface area (Å²) in [6.45, 7) is 10.0. The molecule has 1 amide bonds. The van der Waals surface area contributed by atoms with Crippen LogP contribution in [-0.2, 0) is 6.54 Å². The first kappa shape index (κ1) is 24.3. The highest BCUT2D eigenvalue weighted by Gasteiger charge is 2.28. The number of halogens is 1. The van der Waals surface area contributed by atoms with Gasteiger partial charge in [0.1, 0.15) is 4.88 Å². The van der Waals surface area contributed by atoms with Crippen LogP contribution in [0, 0.1) is 5.41 Å². The smallest absolute Gasteiger partial charge is 0.263 e. The average Bonchev–Trinajstić information content (AvgIpc) is 3.16. The molecule has 3 aromatic heterocycles. The Hall–Kier alpha value is -3.01. The number of likely N-dealkylation sites (tertiary alicyclic amines) is 1. The molecule has 0 aliphatic carbocycles. The van der Waals surface area contributed by atoms with Crippen molar-refractivity contribution in [2.45, 2.75) is 46.2 Å². The predicted molar refractivity (Wildman–Crippen MR) is 148 cm³/mol. The van der Waals surface area contributed by atoms with Crippen molar-refractivity contribution in [1.82, 2.24) is 25.2 Å². The van der Waals surface area contributed by atoms with Crippen LogP contribution in [0.15, 0.2) is 30.5 Å². The van der Waals surface area contributed by atoms with Crippen molar-refractivity contribution in [1.29, 1.82) is 0 Å². The summed E-state index contributed by atoms with van der Waals surface area (Å²) in [5.41, 5.74) is 2.82. The third kappa shape index (κ3) is 4.83. The van der Waals surface area contributed by atoms with E-state index >= 15 is 0 Å². The van der Waals surface area contributed by atoms with Crippen LogP contribution in [0.25, 0.3) is 21.0 Å². The van der Waals surface area contributed by atoms with E-state index in [4.69, 9.17) is 21.3 Å². The average molecular weight is 537 g/mol. The number of aromatic nitrogens is 3. The molecular weight excluding hydrogens is 508 g/mol. The van der Waals surface area contributed by atoms with E-state index in [0.29, 0.717) is 29.7 Å². The Bertz CT molecular complexity index is 1520. The molecule has 8 nitrogen and oxygen atoms in total. The molecule has 6 rings (SSSR count). The van der Waals surface area contributed by atoms with Gasteiger partial charge in [-0.2, -0.15) is 4.98 Å². The first-order valence-corrected chi connectivity index (χ1v) is 13.8. The number of pyridine rings is 1. The SMILES string of the molecule is C[C@H]1CNc2c(sc3ccc4nc(Oc5nc(Cl)ncc5CN5CCCC(C)(C)C5)ccc4c23)C(=O)N1. The molecule has 192 valence electrons. The van der Waals surface area contributed by atoms with E-state index in [9.17, 15) is 4.79 Å². The second-order valence-electron chi connectivity index (χ2n) is 10.8. The normalized spacial score (nSPS) is 19.8. The molecule has 0 radical (unpaired) electrons. The van der Waals surface area contributed by atoms with Crippen molar-refractivity contribution in [3.63, 3.8) is 0 Å². The van der Waals surface area contributed by atoms with Crippen LogP contribution < -0.4 is 15.4 Å². The van der Waals surface area contributed by atoms with Crippen LogP contribution >= 0.6 is 22.9 Å². The lowest BCUT2D eigenvalue weighted by molar-refractivity contribution is 0.0949. The van der Waals surface area contributed by atoms with Crippen molar-refractivity contribution in [2.24, 2.45) is 5.41 Å². The summed E-state index contributed by atoms with van der Waals surface area (Å²) in [6, 6.07) is 7.87. The van der Waals surface area contributed by atoms with Crippen LogP contribution in [0.5, 0.6) is 11.8 Å². The number of anilines is 1. The molecule has 2 aliphatic heterocycles. The summed E-state index contributed by atoms with van der Waals surface area (Å²) in [6.07, 6.45) is 4.14. The number of fused-ring (bicyclic) bond motifs is 5. The van der Waals surface area contributed by atoms with E-state index in [2.05, 4.69) is 39.3 Å². The molecule has 4 aromatic rings. The first-order chi connectivity index (χ1) is 17.8. The number of thiophene rings is 1. The molecule has 0 saturated carbocycles. The first-order valence-electron chi connectivity index (χ1n) is 12.6. The quantitative estimate of drug-likeness (QED) is 0.316. The van der Waals surface area contributed by atoms with E-state index in [-0.39, 0.29) is 22.6 Å². The van der Waals surface area contributed by atoms with Crippen molar-refractivity contribution in [2.75, 3.05) is 25.0 Å². The standard InChI is InChI=1S/C27H29ClN6O2S/c1-15-11-29-22-21-17-5-8-20(32-18(17)6-7-19(21)37-23(22)24(35)31-15)36-25-16(12-30-26(28)33-25)13-34-10-4-9-27(2,3)14-34/h5-8,12,15,29H,4,9-11,13-14H2,1-3H3,(H,31,35)/t15-/m0/s1. The van der Waals surface area contributed by atoms with Crippen LogP contribution in [0.2, 0.25) is 5.28 Å². The predicted octanol–water partition coefficient (Wildman–Crippen LogP) is 5.85. The number of piperidine rings is 1. The van der Waals surface area contributed by atoms with Crippen LogP contribution in [0.1, 0.15) is 48.8 Å². The molecule has 2 aliphatic rings. The van der Waals surface area contributed by atoms with Crippen molar-refractivity contribution in [3.05, 3.63) is 46.2 Å². The highest BCUT2D eigenvalue weighted by molar-refractivity contribution is 7.21. The third-order valence-corrected chi connectivity index (χ3v) is 8.37. The summed E-state index contributed by atoms with van der Waals surface area (Å²) in [7, 11) is 0. The van der Waals surface area contributed by atoms with Crippen molar-refractivity contribution < 1.29 is 9.53 Å². The minimum absolute atomic E-state index is 0.0416. The molecule has 1 aromatic carbocycles. The fourth-order valence-corrected chi connectivity index (χ4v) is 6.57. The second kappa shape index (κ2) is 9.38. The summed E-state index contributed by atoms with van der Waals surface area (Å²) in [4.78, 5) is 29.2. The Morgan fingerprint density at radius 2 is 2.11 bits per heavy atom. The van der Waals surface area contributed by atoms with Gasteiger partial charge < -0.3 is 15.4 Å². The molecule has 1 fully saturated rings. The Morgan fingerprint density at radius 3 is 2.95 bits per heavy atom. The molecular formula is C27H29ClN6O2S. The number of rotatable bonds is 4. The van der Waals surface area contributed by atoms with Crippen LogP contribution in [-0.4, -0.2) is 51.4 Å². The Morgan fingerprint density at radius 1 is 1.24 bits per heavy atom. The highest BCUT2D eigenvalue weighted by atomic mass is 35.5. The molecule has 5 heterocycles. The maximum Gasteiger partial charge on any atom is 0.263 e. The molecule has 2 N–H and O–H groups in total. The van der Waals surface area contributed by atoms with Crippen LogP contribution in [0.3, 0.4) is 0 Å². The third-order valence-electron chi connectivity index (χ3n) is 7.04. The Kier molecular flexibility index (Phi) is 6.17. The lowest BCUT2D eigenvalue weighted by Crippen LogP contribution is -2.39. The zero-order chi connectivity index (χ0) is 25.7.